The summed E-state index contributed by atoms with van der Waals surface area (Å²) in [5, 5.41) is 15.2. The average molecular weight is 358 g/mol. The number of methoxy groups -OCH3 is 2. The van der Waals surface area contributed by atoms with Gasteiger partial charge in [0.2, 0.25) is 0 Å². The van der Waals surface area contributed by atoms with Crippen LogP contribution in [0.25, 0.3) is 0 Å². The molecule has 1 amide bonds. The second kappa shape index (κ2) is 9.16. The normalized spacial score (nSPS) is 10.9. The van der Waals surface area contributed by atoms with Crippen molar-refractivity contribution in [2.45, 2.75) is 0 Å². The first-order valence-electron chi connectivity index (χ1n) is 7.90. The average Bonchev–Trinajstić information content (AvgIpc) is 2.65. The van der Waals surface area contributed by atoms with Crippen LogP contribution >= 0.6 is 0 Å². The van der Waals surface area contributed by atoms with Crippen molar-refractivity contribution < 1.29 is 19.4 Å². The summed E-state index contributed by atoms with van der Waals surface area (Å²) in [4.78, 5) is 16.1. The molecular formula is C18H22N4O4. The molecule has 0 aliphatic rings. The van der Waals surface area contributed by atoms with Gasteiger partial charge in [-0.25, -0.2) is 0 Å². The zero-order valence-corrected chi connectivity index (χ0v) is 14.7. The molecule has 0 saturated heterocycles. The van der Waals surface area contributed by atoms with Gasteiger partial charge in [0.25, 0.3) is 5.91 Å². The van der Waals surface area contributed by atoms with Gasteiger partial charge in [-0.1, -0.05) is 12.1 Å². The molecule has 138 valence electrons. The highest BCUT2D eigenvalue weighted by atomic mass is 16.5. The van der Waals surface area contributed by atoms with Gasteiger partial charge < -0.3 is 30.9 Å². The van der Waals surface area contributed by atoms with Crippen LogP contribution in [-0.2, 0) is 0 Å². The number of nitrogens with zero attached hydrogens (tertiary/aromatic N) is 1. The molecule has 0 bridgehead atoms. The lowest BCUT2D eigenvalue weighted by molar-refractivity contribution is 0.0952. The van der Waals surface area contributed by atoms with Crippen molar-refractivity contribution in [3.8, 4) is 17.2 Å². The fraction of sp³-hybridized carbons (Fsp3) is 0.222. The number of hydrogen-bond donors (Lipinski definition) is 4. The third-order valence-corrected chi connectivity index (χ3v) is 3.48. The Morgan fingerprint density at radius 1 is 1.15 bits per heavy atom. The molecule has 0 saturated carbocycles. The van der Waals surface area contributed by atoms with Gasteiger partial charge in [-0.3, -0.25) is 9.79 Å². The lowest BCUT2D eigenvalue weighted by Crippen LogP contribution is -2.28. The van der Waals surface area contributed by atoms with Crippen LogP contribution in [0.15, 0.2) is 47.5 Å². The van der Waals surface area contributed by atoms with Gasteiger partial charge in [0.15, 0.2) is 17.5 Å². The van der Waals surface area contributed by atoms with Crippen molar-refractivity contribution in [1.82, 2.24) is 5.32 Å². The van der Waals surface area contributed by atoms with Crippen LogP contribution in [0.5, 0.6) is 17.2 Å². The van der Waals surface area contributed by atoms with Crippen molar-refractivity contribution in [2.24, 2.45) is 10.7 Å². The Hall–Kier alpha value is -3.42. The second-order valence-electron chi connectivity index (χ2n) is 5.23. The molecule has 8 nitrogen and oxygen atoms in total. The van der Waals surface area contributed by atoms with Crippen molar-refractivity contribution in [3.05, 3.63) is 48.0 Å². The van der Waals surface area contributed by atoms with Crippen molar-refractivity contribution in [3.63, 3.8) is 0 Å². The van der Waals surface area contributed by atoms with Crippen LogP contribution < -0.4 is 25.8 Å². The number of hydrogen-bond acceptors (Lipinski definition) is 5. The van der Waals surface area contributed by atoms with Gasteiger partial charge in [0.1, 0.15) is 5.75 Å². The summed E-state index contributed by atoms with van der Waals surface area (Å²) in [7, 11) is 3.11. The first-order valence-corrected chi connectivity index (χ1v) is 7.90. The molecule has 2 aromatic rings. The number of aliphatic imine (C=N–C) groups is 1. The molecule has 0 spiro atoms. The minimum Gasteiger partial charge on any atom is -0.507 e. The minimum atomic E-state index is -0.371. The monoisotopic (exact) mass is 358 g/mol. The Morgan fingerprint density at radius 2 is 1.88 bits per heavy atom. The van der Waals surface area contributed by atoms with E-state index in [1.54, 1.807) is 50.6 Å². The van der Waals surface area contributed by atoms with Gasteiger partial charge in [-0.05, 0) is 24.3 Å². The SMILES string of the molecule is COc1ccc(NC(N)=NCCNC(=O)c2ccccc2O)cc1OC. The highest BCUT2D eigenvalue weighted by molar-refractivity contribution is 5.96. The number of para-hydroxylation sites is 1. The summed E-state index contributed by atoms with van der Waals surface area (Å²) < 4.78 is 10.4. The van der Waals surface area contributed by atoms with Crippen LogP contribution in [0.2, 0.25) is 0 Å². The van der Waals surface area contributed by atoms with Gasteiger partial charge in [0.05, 0.1) is 26.3 Å². The minimum absolute atomic E-state index is 0.0665. The fourth-order valence-electron chi connectivity index (χ4n) is 2.21. The number of nitrogens with two attached hydrogens (primary N) is 1. The van der Waals surface area contributed by atoms with Crippen LogP contribution in [0, 0.1) is 0 Å². The van der Waals surface area contributed by atoms with E-state index in [1.165, 1.54) is 6.07 Å². The predicted molar refractivity (Wildman–Crippen MR) is 100 cm³/mol. The van der Waals surface area contributed by atoms with E-state index in [1.807, 2.05) is 0 Å². The maximum Gasteiger partial charge on any atom is 0.255 e. The van der Waals surface area contributed by atoms with Crippen molar-refractivity contribution >= 4 is 17.6 Å². The Bertz CT molecular complexity index is 793. The lowest BCUT2D eigenvalue weighted by atomic mass is 10.2. The molecule has 2 rings (SSSR count). The van der Waals surface area contributed by atoms with E-state index in [2.05, 4.69) is 15.6 Å². The zero-order valence-electron chi connectivity index (χ0n) is 14.7. The fourth-order valence-corrected chi connectivity index (χ4v) is 2.21. The molecule has 8 heteroatoms. The molecule has 0 aromatic heterocycles. The lowest BCUT2D eigenvalue weighted by Gasteiger charge is -2.11. The topological polar surface area (TPSA) is 118 Å². The third-order valence-electron chi connectivity index (χ3n) is 3.48. The van der Waals surface area contributed by atoms with E-state index in [4.69, 9.17) is 15.2 Å². The number of anilines is 1. The van der Waals surface area contributed by atoms with Gasteiger partial charge in [-0.2, -0.15) is 0 Å². The van der Waals surface area contributed by atoms with E-state index in [-0.39, 0.29) is 36.3 Å². The largest absolute Gasteiger partial charge is 0.507 e. The van der Waals surface area contributed by atoms with Crippen LogP contribution in [0.4, 0.5) is 5.69 Å². The van der Waals surface area contributed by atoms with E-state index < -0.39 is 0 Å². The number of rotatable bonds is 7. The molecule has 26 heavy (non-hydrogen) atoms. The third kappa shape index (κ3) is 5.04. The van der Waals surface area contributed by atoms with Crippen molar-refractivity contribution in [1.29, 1.82) is 0 Å². The number of carbonyl (C=O) groups excluding carboxylic acids is 1. The standard InChI is InChI=1S/C18H22N4O4/c1-25-15-8-7-12(11-16(15)26-2)22-18(19)21-10-9-20-17(24)13-5-3-4-6-14(13)23/h3-8,11,23H,9-10H2,1-2H3,(H,20,24)(H3,19,21,22). The molecule has 5 N–H and O–H groups in total. The number of guanidine groups is 1. The summed E-state index contributed by atoms with van der Waals surface area (Å²) in [5.74, 6) is 0.947. The Kier molecular flexibility index (Phi) is 6.67. The van der Waals surface area contributed by atoms with E-state index in [0.717, 1.165) is 0 Å². The van der Waals surface area contributed by atoms with E-state index in [0.29, 0.717) is 17.2 Å². The smallest absolute Gasteiger partial charge is 0.255 e. The molecule has 0 atom stereocenters. The molecule has 0 fully saturated rings. The number of phenolic OH excluding ortho intramolecular Hbond substituents is 1. The molecule has 0 heterocycles. The predicted octanol–water partition coefficient (Wildman–Crippen LogP) is 1.57. The highest BCUT2D eigenvalue weighted by Crippen LogP contribution is 2.29. The number of amides is 1. The number of nitrogens with one attached hydrogen (secondary N) is 2. The van der Waals surface area contributed by atoms with Gasteiger partial charge in [-0.15, -0.1) is 0 Å². The Balaban J connectivity index is 1.85. The Labute approximate surface area is 151 Å². The molecular weight excluding hydrogens is 336 g/mol. The van der Waals surface area contributed by atoms with Crippen LogP contribution in [0.1, 0.15) is 10.4 Å². The van der Waals surface area contributed by atoms with Gasteiger partial charge >= 0.3 is 0 Å². The first kappa shape index (κ1) is 18.9. The van der Waals surface area contributed by atoms with E-state index in [9.17, 15) is 9.90 Å². The maximum atomic E-state index is 11.9. The van der Waals surface area contributed by atoms with Crippen LogP contribution in [-0.4, -0.2) is 44.3 Å². The number of aromatic hydroxyl groups is 1. The summed E-state index contributed by atoms with van der Waals surface area (Å²) in [6.07, 6.45) is 0. The van der Waals surface area contributed by atoms with Crippen molar-refractivity contribution in [2.75, 3.05) is 32.6 Å². The molecule has 0 aliphatic heterocycles. The number of ether oxygens (including phenoxy) is 2. The second-order valence-corrected chi connectivity index (χ2v) is 5.23. The molecule has 2 aromatic carbocycles. The highest BCUT2D eigenvalue weighted by Gasteiger charge is 2.09. The number of benzene rings is 2. The quantitative estimate of drug-likeness (QED) is 0.339. The zero-order chi connectivity index (χ0) is 18.9. The Morgan fingerprint density at radius 3 is 2.58 bits per heavy atom. The van der Waals surface area contributed by atoms with Gasteiger partial charge in [0, 0.05) is 18.3 Å². The maximum absolute atomic E-state index is 11.9. The first-order chi connectivity index (χ1) is 12.5. The molecule has 0 aliphatic carbocycles. The summed E-state index contributed by atoms with van der Waals surface area (Å²) >= 11 is 0. The number of phenols is 1. The van der Waals surface area contributed by atoms with Crippen LogP contribution in [0.3, 0.4) is 0 Å². The number of carbonyl (C=O) groups is 1. The van der Waals surface area contributed by atoms with E-state index >= 15 is 0 Å². The molecule has 0 unspecified atom stereocenters. The summed E-state index contributed by atoms with van der Waals surface area (Å²) in [5.41, 5.74) is 6.75. The summed E-state index contributed by atoms with van der Waals surface area (Å²) in [6, 6.07) is 11.6. The summed E-state index contributed by atoms with van der Waals surface area (Å²) in [6.45, 7) is 0.562. The molecule has 0 radical (unpaired) electrons.